The van der Waals surface area contributed by atoms with E-state index in [1.807, 2.05) is 0 Å². The van der Waals surface area contributed by atoms with Crippen LogP contribution in [-0.4, -0.2) is 52.8 Å². The van der Waals surface area contributed by atoms with E-state index >= 15 is 0 Å². The number of hydrogen-bond acceptors (Lipinski definition) is 7. The van der Waals surface area contributed by atoms with Gasteiger partial charge in [0.05, 0.1) is 0 Å². The quantitative estimate of drug-likeness (QED) is 0.215. The number of imide groups is 1. The molecule has 0 spiro atoms. The first-order valence-corrected chi connectivity index (χ1v) is 5.55. The van der Waals surface area contributed by atoms with Gasteiger partial charge in [0.2, 0.25) is 18.2 Å². The number of ether oxygens (including phenoxy) is 2. The van der Waals surface area contributed by atoms with Crippen LogP contribution in [0.5, 0.6) is 0 Å². The van der Waals surface area contributed by atoms with E-state index in [0.29, 0.717) is 0 Å². The Hall–Kier alpha value is -2.98. The van der Waals surface area contributed by atoms with Crippen molar-refractivity contribution in [2.24, 2.45) is 16.5 Å². The van der Waals surface area contributed by atoms with E-state index in [-0.39, 0.29) is 4.90 Å². The van der Waals surface area contributed by atoms with Crippen LogP contribution in [0.2, 0.25) is 0 Å². The summed E-state index contributed by atoms with van der Waals surface area (Å²) in [4.78, 5) is 49.5. The summed E-state index contributed by atoms with van der Waals surface area (Å²) in [5.41, 5.74) is 10.1. The second kappa shape index (κ2) is 5.98. The number of rotatable bonds is 2. The van der Waals surface area contributed by atoms with Gasteiger partial charge in [0.15, 0.2) is 5.96 Å². The van der Waals surface area contributed by atoms with Crippen LogP contribution >= 0.6 is 0 Å². The number of carbonyl (C=O) groups excluding carboxylic acids is 4. The molecular formula is C10H13N5O6. The lowest BCUT2D eigenvalue weighted by Crippen LogP contribution is -2.39. The molecule has 0 radical (unpaired) electrons. The lowest BCUT2D eigenvalue weighted by molar-refractivity contribution is -0.167. The fourth-order valence-corrected chi connectivity index (χ4v) is 1.59. The van der Waals surface area contributed by atoms with E-state index in [9.17, 15) is 19.2 Å². The Balaban J connectivity index is 3.14. The summed E-state index contributed by atoms with van der Waals surface area (Å²) in [6, 6.07) is 0. The molecule has 1 aliphatic rings. The molecule has 2 unspecified atom stereocenters. The third-order valence-corrected chi connectivity index (χ3v) is 2.24. The Morgan fingerprint density at radius 1 is 1.10 bits per heavy atom. The first-order chi connectivity index (χ1) is 9.65. The molecule has 21 heavy (non-hydrogen) atoms. The molecule has 2 atom stereocenters. The van der Waals surface area contributed by atoms with E-state index in [1.165, 1.54) is 0 Å². The Morgan fingerprint density at radius 2 is 1.48 bits per heavy atom. The van der Waals surface area contributed by atoms with Crippen molar-refractivity contribution in [1.82, 2.24) is 4.90 Å². The van der Waals surface area contributed by atoms with Gasteiger partial charge in [-0.3, -0.25) is 24.6 Å². The number of carbonyl (C=O) groups is 4. The highest BCUT2D eigenvalue weighted by Gasteiger charge is 2.54. The molecule has 114 valence electrons. The molecule has 2 amide bonds. The lowest BCUT2D eigenvalue weighted by Gasteiger charge is -2.14. The van der Waals surface area contributed by atoms with Gasteiger partial charge in [-0.05, 0) is 0 Å². The van der Waals surface area contributed by atoms with Crippen LogP contribution in [0, 0.1) is 5.41 Å². The third kappa shape index (κ3) is 3.52. The molecule has 1 saturated heterocycles. The van der Waals surface area contributed by atoms with Crippen molar-refractivity contribution in [3.05, 3.63) is 0 Å². The minimum atomic E-state index is -1.69. The summed E-state index contributed by atoms with van der Waals surface area (Å²) in [5, 5.41) is 7.48. The highest BCUT2D eigenvalue weighted by Crippen LogP contribution is 2.21. The van der Waals surface area contributed by atoms with Crippen LogP contribution < -0.4 is 11.5 Å². The maximum atomic E-state index is 12.0. The highest BCUT2D eigenvalue weighted by molar-refractivity contribution is 6.21. The van der Waals surface area contributed by atoms with Crippen LogP contribution in [0.25, 0.3) is 0 Å². The highest BCUT2D eigenvalue weighted by atomic mass is 16.6. The van der Waals surface area contributed by atoms with Crippen molar-refractivity contribution in [3.8, 4) is 0 Å². The third-order valence-electron chi connectivity index (χ3n) is 2.24. The number of amides is 2. The van der Waals surface area contributed by atoms with Gasteiger partial charge in [0, 0.05) is 13.8 Å². The minimum Gasteiger partial charge on any atom is -0.448 e. The number of aliphatic imine (C=N–C) groups is 1. The SMILES string of the molecule is CC(=O)OC1C(=O)N(C(=N)N=C(N)N)C(=O)C1OC(C)=O. The number of nitrogens with one attached hydrogen (secondary N) is 1. The summed E-state index contributed by atoms with van der Waals surface area (Å²) in [6.45, 7) is 2.01. The molecule has 0 bridgehead atoms. The number of hydrogen-bond donors (Lipinski definition) is 3. The number of esters is 2. The Bertz CT molecular complexity index is 518. The number of guanidine groups is 2. The van der Waals surface area contributed by atoms with Gasteiger partial charge in [-0.15, -0.1) is 0 Å². The van der Waals surface area contributed by atoms with E-state index in [2.05, 4.69) is 14.5 Å². The molecular weight excluding hydrogens is 286 g/mol. The van der Waals surface area contributed by atoms with Crippen LogP contribution in [0.15, 0.2) is 4.99 Å². The van der Waals surface area contributed by atoms with Crippen LogP contribution in [0.4, 0.5) is 0 Å². The van der Waals surface area contributed by atoms with Gasteiger partial charge in [-0.25, -0.2) is 4.90 Å². The second-order valence-corrected chi connectivity index (χ2v) is 3.93. The number of nitrogens with zero attached hydrogens (tertiary/aromatic N) is 2. The van der Waals surface area contributed by atoms with E-state index < -0.39 is 47.9 Å². The number of nitrogens with two attached hydrogens (primary N) is 2. The van der Waals surface area contributed by atoms with Crippen molar-refractivity contribution in [3.63, 3.8) is 0 Å². The molecule has 0 aromatic carbocycles. The van der Waals surface area contributed by atoms with Crippen LogP contribution in [0.1, 0.15) is 13.8 Å². The average Bonchev–Trinajstić information content (AvgIpc) is 2.51. The Morgan fingerprint density at radius 3 is 1.76 bits per heavy atom. The second-order valence-electron chi connectivity index (χ2n) is 3.93. The van der Waals surface area contributed by atoms with Crippen molar-refractivity contribution in [1.29, 1.82) is 5.41 Å². The lowest BCUT2D eigenvalue weighted by atomic mass is 10.2. The molecule has 1 rings (SSSR count). The van der Waals surface area contributed by atoms with Crippen molar-refractivity contribution < 1.29 is 28.7 Å². The largest absolute Gasteiger partial charge is 0.448 e. The fourth-order valence-electron chi connectivity index (χ4n) is 1.59. The zero-order chi connectivity index (χ0) is 16.3. The van der Waals surface area contributed by atoms with E-state index in [4.69, 9.17) is 16.9 Å². The predicted octanol–water partition coefficient (Wildman–Crippen LogP) is -2.57. The van der Waals surface area contributed by atoms with Gasteiger partial charge in [0.1, 0.15) is 0 Å². The molecule has 1 aliphatic heterocycles. The fraction of sp³-hybridized carbons (Fsp3) is 0.400. The summed E-state index contributed by atoms with van der Waals surface area (Å²) < 4.78 is 9.31. The smallest absolute Gasteiger partial charge is 0.303 e. The molecule has 0 aromatic rings. The molecule has 0 aromatic heterocycles. The van der Waals surface area contributed by atoms with E-state index in [1.54, 1.807) is 0 Å². The minimum absolute atomic E-state index is 0.265. The maximum Gasteiger partial charge on any atom is 0.303 e. The van der Waals surface area contributed by atoms with Crippen molar-refractivity contribution in [2.45, 2.75) is 26.1 Å². The molecule has 11 nitrogen and oxygen atoms in total. The summed E-state index contributed by atoms with van der Waals surface area (Å²) in [6.07, 6.45) is -3.37. The first-order valence-electron chi connectivity index (χ1n) is 5.55. The average molecular weight is 299 g/mol. The molecule has 1 fully saturated rings. The Kier molecular flexibility index (Phi) is 4.58. The standard InChI is InChI=1S/C10H13N5O6/c1-3(16)20-5-6(21-4(2)17)8(19)15(7(5)18)10(13)14-9(11)12/h5-6H,1-2H3,(H5,11,12,13,14). The van der Waals surface area contributed by atoms with Gasteiger partial charge < -0.3 is 20.9 Å². The zero-order valence-corrected chi connectivity index (χ0v) is 11.2. The normalized spacial score (nSPS) is 21.0. The first kappa shape index (κ1) is 16.1. The Labute approximate surface area is 118 Å². The van der Waals surface area contributed by atoms with Gasteiger partial charge in [-0.1, -0.05) is 0 Å². The maximum absolute atomic E-state index is 12.0. The van der Waals surface area contributed by atoms with Crippen molar-refractivity contribution >= 4 is 35.7 Å². The summed E-state index contributed by atoms with van der Waals surface area (Å²) >= 11 is 0. The monoisotopic (exact) mass is 299 g/mol. The molecule has 5 N–H and O–H groups in total. The van der Waals surface area contributed by atoms with Gasteiger partial charge >= 0.3 is 11.9 Å². The van der Waals surface area contributed by atoms with Gasteiger partial charge in [0.25, 0.3) is 11.8 Å². The van der Waals surface area contributed by atoms with Crippen LogP contribution in [0.3, 0.4) is 0 Å². The predicted molar refractivity (Wildman–Crippen MR) is 66.5 cm³/mol. The molecule has 0 aliphatic carbocycles. The molecule has 0 saturated carbocycles. The number of likely N-dealkylation sites (tertiary alicyclic amines) is 1. The van der Waals surface area contributed by atoms with Crippen LogP contribution in [-0.2, 0) is 28.7 Å². The van der Waals surface area contributed by atoms with Gasteiger partial charge in [-0.2, -0.15) is 4.99 Å². The molecule has 11 heteroatoms. The summed E-state index contributed by atoms with van der Waals surface area (Å²) in [5.74, 6) is -5.34. The summed E-state index contributed by atoms with van der Waals surface area (Å²) in [7, 11) is 0. The molecule has 1 heterocycles. The van der Waals surface area contributed by atoms with E-state index in [0.717, 1.165) is 13.8 Å². The van der Waals surface area contributed by atoms with Crippen molar-refractivity contribution in [2.75, 3.05) is 0 Å². The zero-order valence-electron chi connectivity index (χ0n) is 11.2. The topological polar surface area (TPSA) is 178 Å².